The molecule has 0 radical (unpaired) electrons. The van der Waals surface area contributed by atoms with Gasteiger partial charge in [-0.05, 0) is 44.3 Å². The topological polar surface area (TPSA) is 122 Å². The van der Waals surface area contributed by atoms with Crippen LogP contribution < -0.4 is 0 Å². The molecule has 3 aliphatic heterocycles. The van der Waals surface area contributed by atoms with E-state index < -0.39 is 11.9 Å². The molecule has 5 heterocycles. The second-order valence-corrected chi connectivity index (χ2v) is 7.47. The molecule has 0 amide bonds. The molecule has 1 unspecified atom stereocenters. The van der Waals surface area contributed by atoms with Gasteiger partial charge in [-0.15, -0.1) is 0 Å². The van der Waals surface area contributed by atoms with Gasteiger partial charge in [0.05, 0.1) is 6.04 Å². The number of hydrogen-bond acceptors (Lipinski definition) is 6. The summed E-state index contributed by atoms with van der Waals surface area (Å²) in [7, 11) is 2.05. The lowest BCUT2D eigenvalue weighted by Gasteiger charge is -2.43. The van der Waals surface area contributed by atoms with Crippen LogP contribution in [0.3, 0.4) is 0 Å². The van der Waals surface area contributed by atoms with Gasteiger partial charge in [-0.2, -0.15) is 4.98 Å². The van der Waals surface area contributed by atoms with Gasteiger partial charge in [0.25, 0.3) is 0 Å². The predicted molar refractivity (Wildman–Crippen MR) is 103 cm³/mol. The second-order valence-electron chi connectivity index (χ2n) is 7.47. The minimum absolute atomic E-state index is 0.318. The van der Waals surface area contributed by atoms with Crippen LogP contribution >= 0.6 is 0 Å². The Balaban J connectivity index is 0.000000302. The number of fused-ring (bicyclic) bond motifs is 4. The molecule has 9 heteroatoms. The number of aliphatic carboxylic acids is 2. The minimum Gasteiger partial charge on any atom is -0.473 e. The smallest absolute Gasteiger partial charge is 0.414 e. The van der Waals surface area contributed by atoms with Gasteiger partial charge < -0.3 is 19.3 Å². The molecule has 29 heavy (non-hydrogen) atoms. The van der Waals surface area contributed by atoms with E-state index in [0.29, 0.717) is 11.9 Å². The number of nitrogens with zero attached hydrogens (tertiary/aromatic N) is 4. The fourth-order valence-electron chi connectivity index (χ4n) is 4.22. The summed E-state index contributed by atoms with van der Waals surface area (Å²) in [6.07, 6.45) is 5.89. The third-order valence-electron chi connectivity index (χ3n) is 5.69. The molecule has 0 spiro atoms. The summed E-state index contributed by atoms with van der Waals surface area (Å²) in [5, 5.41) is 20.2. The van der Waals surface area contributed by atoms with E-state index in [1.54, 1.807) is 0 Å². The Labute approximate surface area is 166 Å². The number of para-hydroxylation sites is 1. The number of aryl methyl sites for hydroxylation is 1. The maximum Gasteiger partial charge on any atom is 0.414 e. The number of carboxylic acids is 2. The van der Waals surface area contributed by atoms with Crippen LogP contribution in [-0.2, 0) is 16.6 Å². The third-order valence-corrected chi connectivity index (χ3v) is 5.69. The van der Waals surface area contributed by atoms with E-state index in [9.17, 15) is 0 Å². The summed E-state index contributed by atoms with van der Waals surface area (Å²) in [6, 6.07) is 8.66. The lowest BCUT2D eigenvalue weighted by molar-refractivity contribution is -0.159. The van der Waals surface area contributed by atoms with Gasteiger partial charge in [-0.25, -0.2) is 9.59 Å². The van der Waals surface area contributed by atoms with Gasteiger partial charge in [-0.1, -0.05) is 23.4 Å². The Hall–Kier alpha value is -3.20. The van der Waals surface area contributed by atoms with Gasteiger partial charge in [0.1, 0.15) is 0 Å². The second kappa shape index (κ2) is 7.67. The summed E-state index contributed by atoms with van der Waals surface area (Å²) in [5.74, 6) is -1.32. The fraction of sp³-hybridized carbons (Fsp3) is 0.400. The Morgan fingerprint density at radius 3 is 2.45 bits per heavy atom. The highest BCUT2D eigenvalue weighted by Crippen LogP contribution is 2.40. The standard InChI is InChI=1S/C18H20N4O.C2H2O4/c1-21-11-14(13-4-2-3-5-15(13)21)17-19-18(23-20-17)16-10-12-6-8-22(16)9-7-12;3-1(4)2(5)6/h2-5,11-12,16H,6-10H2,1H3;(H,3,4)(H,5,6). The van der Waals surface area contributed by atoms with Crippen LogP contribution in [0.2, 0.25) is 0 Å². The normalized spacial score (nSPS) is 22.9. The molecular weight excluding hydrogens is 376 g/mol. The van der Waals surface area contributed by atoms with Crippen LogP contribution in [0.1, 0.15) is 31.2 Å². The first kappa shape index (κ1) is 19.1. The van der Waals surface area contributed by atoms with Crippen LogP contribution in [0.15, 0.2) is 35.0 Å². The number of aromatic nitrogens is 3. The number of benzene rings is 1. The minimum atomic E-state index is -1.82. The number of carboxylic acid groups (broad SMARTS) is 2. The SMILES string of the molecule is Cn1cc(-c2noc(C3CC4CCN3CC4)n2)c2ccccc21.O=C(O)C(=O)O. The molecule has 9 nitrogen and oxygen atoms in total. The highest BCUT2D eigenvalue weighted by molar-refractivity contribution is 6.27. The summed E-state index contributed by atoms with van der Waals surface area (Å²) in [5.41, 5.74) is 2.24. The molecule has 2 bridgehead atoms. The van der Waals surface area contributed by atoms with E-state index in [2.05, 4.69) is 52.1 Å². The zero-order valence-corrected chi connectivity index (χ0v) is 16.0. The predicted octanol–water partition coefficient (Wildman–Crippen LogP) is 2.54. The number of carbonyl (C=O) groups is 2. The molecule has 2 N–H and O–H groups in total. The van der Waals surface area contributed by atoms with Crippen LogP contribution in [-0.4, -0.2) is 54.8 Å². The zero-order chi connectivity index (χ0) is 20.5. The van der Waals surface area contributed by atoms with Crippen molar-refractivity contribution in [2.75, 3.05) is 13.1 Å². The molecule has 3 aliphatic rings. The molecule has 3 saturated heterocycles. The lowest BCUT2D eigenvalue weighted by atomic mass is 9.83. The van der Waals surface area contributed by atoms with E-state index in [1.165, 1.54) is 36.8 Å². The number of rotatable bonds is 2. The summed E-state index contributed by atoms with van der Waals surface area (Å²) >= 11 is 0. The van der Waals surface area contributed by atoms with Crippen LogP contribution in [0, 0.1) is 5.92 Å². The summed E-state index contributed by atoms with van der Waals surface area (Å²) in [4.78, 5) is 25.5. The molecule has 6 rings (SSSR count). The van der Waals surface area contributed by atoms with Gasteiger partial charge in [0.2, 0.25) is 11.7 Å². The van der Waals surface area contributed by atoms with E-state index in [0.717, 1.165) is 23.8 Å². The van der Waals surface area contributed by atoms with E-state index in [1.807, 2.05) is 0 Å². The molecule has 152 valence electrons. The van der Waals surface area contributed by atoms with E-state index in [-0.39, 0.29) is 0 Å². The number of piperidine rings is 3. The maximum atomic E-state index is 9.10. The van der Waals surface area contributed by atoms with Gasteiger partial charge in [0.15, 0.2) is 0 Å². The fourth-order valence-corrected chi connectivity index (χ4v) is 4.22. The summed E-state index contributed by atoms with van der Waals surface area (Å²) < 4.78 is 7.78. The van der Waals surface area contributed by atoms with Crippen molar-refractivity contribution in [1.82, 2.24) is 19.6 Å². The monoisotopic (exact) mass is 398 g/mol. The van der Waals surface area contributed by atoms with Crippen molar-refractivity contribution in [2.45, 2.75) is 25.3 Å². The van der Waals surface area contributed by atoms with Crippen molar-refractivity contribution in [3.05, 3.63) is 36.4 Å². The molecule has 3 aromatic rings. The first-order valence-electron chi connectivity index (χ1n) is 9.52. The lowest BCUT2D eigenvalue weighted by Crippen LogP contribution is -2.43. The average molecular weight is 398 g/mol. The Kier molecular flexibility index (Phi) is 5.06. The van der Waals surface area contributed by atoms with Crippen molar-refractivity contribution in [1.29, 1.82) is 0 Å². The van der Waals surface area contributed by atoms with Gasteiger partial charge >= 0.3 is 11.9 Å². The highest BCUT2D eigenvalue weighted by Gasteiger charge is 2.37. The molecule has 0 aliphatic carbocycles. The molecule has 3 fully saturated rings. The maximum absolute atomic E-state index is 9.10. The van der Waals surface area contributed by atoms with Crippen molar-refractivity contribution >= 4 is 22.8 Å². The molecule has 1 atom stereocenters. The van der Waals surface area contributed by atoms with Crippen LogP contribution in [0.25, 0.3) is 22.3 Å². The largest absolute Gasteiger partial charge is 0.473 e. The zero-order valence-electron chi connectivity index (χ0n) is 16.0. The quantitative estimate of drug-likeness (QED) is 0.632. The Morgan fingerprint density at radius 1 is 1.14 bits per heavy atom. The summed E-state index contributed by atoms with van der Waals surface area (Å²) in [6.45, 7) is 2.34. The van der Waals surface area contributed by atoms with E-state index in [4.69, 9.17) is 29.3 Å². The van der Waals surface area contributed by atoms with Crippen molar-refractivity contribution < 1.29 is 24.3 Å². The molecule has 1 aromatic carbocycles. The van der Waals surface area contributed by atoms with Gasteiger partial charge in [-0.3, -0.25) is 4.90 Å². The van der Waals surface area contributed by atoms with Crippen molar-refractivity contribution in [3.8, 4) is 11.4 Å². The van der Waals surface area contributed by atoms with Crippen LogP contribution in [0.4, 0.5) is 0 Å². The van der Waals surface area contributed by atoms with Crippen LogP contribution in [0.5, 0.6) is 0 Å². The van der Waals surface area contributed by atoms with E-state index >= 15 is 0 Å². The molecular formula is C20H22N4O5. The molecule has 2 aromatic heterocycles. The third kappa shape index (κ3) is 3.73. The highest BCUT2D eigenvalue weighted by atomic mass is 16.5. The Morgan fingerprint density at radius 2 is 1.83 bits per heavy atom. The van der Waals surface area contributed by atoms with Crippen molar-refractivity contribution in [3.63, 3.8) is 0 Å². The van der Waals surface area contributed by atoms with Crippen molar-refractivity contribution in [2.24, 2.45) is 13.0 Å². The first-order valence-corrected chi connectivity index (χ1v) is 9.52. The Bertz CT molecular complexity index is 1040. The average Bonchev–Trinajstić information content (AvgIpc) is 3.35. The molecule has 0 saturated carbocycles. The number of hydrogen-bond donors (Lipinski definition) is 2. The van der Waals surface area contributed by atoms with Gasteiger partial charge in [0, 0.05) is 29.7 Å². The first-order chi connectivity index (χ1) is 13.9.